The molecule has 0 bridgehead atoms. The van der Waals surface area contributed by atoms with Crippen LogP contribution >= 0.6 is 0 Å². The standard InChI is InChI=1S/C12H20O3/c1-4-6-7-8-9-11(13)10(3)12(14)15-5-2/h6-7,10H,4-5,8-9H2,1-3H3/b7-6-. The minimum absolute atomic E-state index is 0.0470. The van der Waals surface area contributed by atoms with Crippen molar-refractivity contribution in [1.29, 1.82) is 0 Å². The number of ketones is 1. The molecule has 0 aromatic carbocycles. The summed E-state index contributed by atoms with van der Waals surface area (Å²) in [4.78, 5) is 22.7. The third kappa shape index (κ3) is 6.05. The fourth-order valence-electron chi connectivity index (χ4n) is 1.13. The number of allylic oxidation sites excluding steroid dienone is 2. The largest absolute Gasteiger partial charge is 0.465 e. The first-order valence-electron chi connectivity index (χ1n) is 5.47. The Bertz CT molecular complexity index is 231. The molecule has 0 aliphatic carbocycles. The Hall–Kier alpha value is -1.12. The molecular formula is C12H20O3. The molecule has 0 saturated heterocycles. The van der Waals surface area contributed by atoms with E-state index in [-0.39, 0.29) is 5.78 Å². The highest BCUT2D eigenvalue weighted by Crippen LogP contribution is 2.06. The summed E-state index contributed by atoms with van der Waals surface area (Å²) in [5.41, 5.74) is 0. The quantitative estimate of drug-likeness (QED) is 0.370. The second-order valence-electron chi connectivity index (χ2n) is 3.36. The van der Waals surface area contributed by atoms with Gasteiger partial charge < -0.3 is 4.74 Å². The van der Waals surface area contributed by atoms with E-state index in [1.807, 2.05) is 19.1 Å². The van der Waals surface area contributed by atoms with Crippen molar-refractivity contribution in [2.45, 2.75) is 40.0 Å². The Kier molecular flexibility index (Phi) is 7.60. The first kappa shape index (κ1) is 13.9. The van der Waals surface area contributed by atoms with E-state index in [0.29, 0.717) is 19.4 Å². The number of hydrogen-bond donors (Lipinski definition) is 0. The average Bonchev–Trinajstić information content (AvgIpc) is 2.23. The monoisotopic (exact) mass is 212 g/mol. The topological polar surface area (TPSA) is 43.4 Å². The Morgan fingerprint density at radius 3 is 2.47 bits per heavy atom. The van der Waals surface area contributed by atoms with Crippen LogP contribution in [0.5, 0.6) is 0 Å². The average molecular weight is 212 g/mol. The molecule has 0 aromatic heterocycles. The van der Waals surface area contributed by atoms with Crippen molar-refractivity contribution in [2.75, 3.05) is 6.61 Å². The smallest absolute Gasteiger partial charge is 0.316 e. The lowest BCUT2D eigenvalue weighted by atomic mass is 10.0. The van der Waals surface area contributed by atoms with Gasteiger partial charge in [0.1, 0.15) is 11.7 Å². The summed E-state index contributed by atoms with van der Waals surface area (Å²) in [6.45, 7) is 5.70. The Morgan fingerprint density at radius 1 is 1.27 bits per heavy atom. The Labute approximate surface area is 91.5 Å². The van der Waals surface area contributed by atoms with Gasteiger partial charge in [0.15, 0.2) is 0 Å². The normalized spacial score (nSPS) is 12.7. The van der Waals surface area contributed by atoms with Crippen molar-refractivity contribution in [1.82, 2.24) is 0 Å². The molecular weight excluding hydrogens is 192 g/mol. The minimum atomic E-state index is -0.625. The zero-order valence-electron chi connectivity index (χ0n) is 9.79. The van der Waals surface area contributed by atoms with E-state index < -0.39 is 11.9 Å². The van der Waals surface area contributed by atoms with Crippen molar-refractivity contribution < 1.29 is 14.3 Å². The predicted octanol–water partition coefficient (Wildman–Crippen LogP) is 2.50. The molecule has 0 radical (unpaired) electrons. The molecule has 0 aliphatic heterocycles. The van der Waals surface area contributed by atoms with E-state index in [4.69, 9.17) is 4.74 Å². The van der Waals surface area contributed by atoms with Gasteiger partial charge in [-0.2, -0.15) is 0 Å². The number of rotatable bonds is 7. The molecule has 0 aromatic rings. The van der Waals surface area contributed by atoms with E-state index in [1.54, 1.807) is 13.8 Å². The second kappa shape index (κ2) is 8.21. The zero-order chi connectivity index (χ0) is 11.7. The van der Waals surface area contributed by atoms with Crippen LogP contribution in [0, 0.1) is 5.92 Å². The van der Waals surface area contributed by atoms with E-state index in [0.717, 1.165) is 6.42 Å². The van der Waals surface area contributed by atoms with Crippen LogP contribution in [-0.4, -0.2) is 18.4 Å². The summed E-state index contributed by atoms with van der Waals surface area (Å²) >= 11 is 0. The molecule has 0 fully saturated rings. The SMILES string of the molecule is CC/C=C\CCC(=O)C(C)C(=O)OCC. The number of Topliss-reactive ketones (excluding diaryl/α,β-unsaturated/α-hetero) is 1. The molecule has 0 amide bonds. The number of esters is 1. The summed E-state index contributed by atoms with van der Waals surface area (Å²) in [5, 5.41) is 0. The molecule has 0 spiro atoms. The van der Waals surface area contributed by atoms with Crippen LogP contribution < -0.4 is 0 Å². The summed E-state index contributed by atoms with van der Waals surface area (Å²) in [6.07, 6.45) is 6.08. The molecule has 0 N–H and O–H groups in total. The van der Waals surface area contributed by atoms with E-state index in [1.165, 1.54) is 0 Å². The van der Waals surface area contributed by atoms with Crippen molar-refractivity contribution in [3.05, 3.63) is 12.2 Å². The van der Waals surface area contributed by atoms with E-state index >= 15 is 0 Å². The molecule has 1 atom stereocenters. The summed E-state index contributed by atoms with van der Waals surface area (Å²) < 4.78 is 4.77. The highest BCUT2D eigenvalue weighted by molar-refractivity contribution is 5.98. The van der Waals surface area contributed by atoms with Gasteiger partial charge in [-0.1, -0.05) is 19.1 Å². The number of carbonyl (C=O) groups is 2. The van der Waals surface area contributed by atoms with Gasteiger partial charge in [0, 0.05) is 6.42 Å². The van der Waals surface area contributed by atoms with E-state index in [2.05, 4.69) is 0 Å². The van der Waals surface area contributed by atoms with Crippen LogP contribution in [0.2, 0.25) is 0 Å². The third-order valence-electron chi connectivity index (χ3n) is 2.08. The van der Waals surface area contributed by atoms with Gasteiger partial charge in [0.2, 0.25) is 0 Å². The molecule has 0 aliphatic rings. The lowest BCUT2D eigenvalue weighted by Gasteiger charge is -2.08. The highest BCUT2D eigenvalue weighted by Gasteiger charge is 2.21. The van der Waals surface area contributed by atoms with Crippen LogP contribution in [0.1, 0.15) is 40.0 Å². The van der Waals surface area contributed by atoms with Crippen molar-refractivity contribution in [2.24, 2.45) is 5.92 Å². The van der Waals surface area contributed by atoms with Gasteiger partial charge in [-0.05, 0) is 26.7 Å². The van der Waals surface area contributed by atoms with Gasteiger partial charge in [-0.25, -0.2) is 0 Å². The molecule has 3 nitrogen and oxygen atoms in total. The molecule has 1 unspecified atom stereocenters. The molecule has 15 heavy (non-hydrogen) atoms. The number of ether oxygens (including phenoxy) is 1. The van der Waals surface area contributed by atoms with Gasteiger partial charge in [0.25, 0.3) is 0 Å². The van der Waals surface area contributed by atoms with Gasteiger partial charge >= 0.3 is 5.97 Å². The van der Waals surface area contributed by atoms with Crippen molar-refractivity contribution >= 4 is 11.8 Å². The number of carbonyl (C=O) groups excluding carboxylic acids is 2. The van der Waals surface area contributed by atoms with Gasteiger partial charge in [0.05, 0.1) is 6.61 Å². The second-order valence-corrected chi connectivity index (χ2v) is 3.36. The maximum atomic E-state index is 11.5. The van der Waals surface area contributed by atoms with E-state index in [9.17, 15) is 9.59 Å². The van der Waals surface area contributed by atoms with Gasteiger partial charge in [-0.3, -0.25) is 9.59 Å². The third-order valence-corrected chi connectivity index (χ3v) is 2.08. The van der Waals surface area contributed by atoms with Gasteiger partial charge in [-0.15, -0.1) is 0 Å². The maximum absolute atomic E-state index is 11.5. The van der Waals surface area contributed by atoms with Crippen LogP contribution in [0.4, 0.5) is 0 Å². The van der Waals surface area contributed by atoms with Crippen LogP contribution in [0.3, 0.4) is 0 Å². The summed E-state index contributed by atoms with van der Waals surface area (Å²) in [7, 11) is 0. The first-order chi connectivity index (χ1) is 7.13. The minimum Gasteiger partial charge on any atom is -0.465 e. The van der Waals surface area contributed by atoms with Crippen LogP contribution in [0.25, 0.3) is 0 Å². The molecule has 0 heterocycles. The zero-order valence-corrected chi connectivity index (χ0v) is 9.79. The lowest BCUT2D eigenvalue weighted by molar-refractivity contribution is -0.150. The molecule has 0 saturated carbocycles. The summed E-state index contributed by atoms with van der Waals surface area (Å²) in [6, 6.07) is 0. The van der Waals surface area contributed by atoms with Crippen molar-refractivity contribution in [3.63, 3.8) is 0 Å². The fraction of sp³-hybridized carbons (Fsp3) is 0.667. The Balaban J connectivity index is 3.88. The number of hydrogen-bond acceptors (Lipinski definition) is 3. The highest BCUT2D eigenvalue weighted by atomic mass is 16.5. The Morgan fingerprint density at radius 2 is 1.93 bits per heavy atom. The molecule has 86 valence electrons. The summed E-state index contributed by atoms with van der Waals surface area (Å²) in [5.74, 6) is -1.09. The molecule has 3 heteroatoms. The first-order valence-corrected chi connectivity index (χ1v) is 5.47. The fourth-order valence-corrected chi connectivity index (χ4v) is 1.13. The van der Waals surface area contributed by atoms with Crippen LogP contribution in [0.15, 0.2) is 12.2 Å². The lowest BCUT2D eigenvalue weighted by Crippen LogP contribution is -2.23. The predicted molar refractivity (Wildman–Crippen MR) is 59.5 cm³/mol. The van der Waals surface area contributed by atoms with Crippen molar-refractivity contribution in [3.8, 4) is 0 Å². The maximum Gasteiger partial charge on any atom is 0.316 e. The van der Waals surface area contributed by atoms with Crippen LogP contribution in [-0.2, 0) is 14.3 Å². The molecule has 0 rings (SSSR count).